The standard InChI is InChI=1S/C12H11FN4O3S/c13-21(19,20)11-7-12(18)16(8-11)9-2-1-3-10(6-9)17-14-4-5-15-17/h1-6,11H,7-8H2. The van der Waals surface area contributed by atoms with Crippen molar-refractivity contribution in [3.63, 3.8) is 0 Å². The molecule has 0 radical (unpaired) electrons. The number of benzene rings is 1. The van der Waals surface area contributed by atoms with Crippen LogP contribution < -0.4 is 4.90 Å². The lowest BCUT2D eigenvalue weighted by Gasteiger charge is -2.16. The maximum atomic E-state index is 13.0. The van der Waals surface area contributed by atoms with Gasteiger partial charge < -0.3 is 4.90 Å². The van der Waals surface area contributed by atoms with Crippen molar-refractivity contribution in [1.29, 1.82) is 0 Å². The van der Waals surface area contributed by atoms with Gasteiger partial charge in [-0.15, -0.1) is 3.89 Å². The van der Waals surface area contributed by atoms with Gasteiger partial charge in [0, 0.05) is 18.7 Å². The number of carbonyl (C=O) groups excluding carboxylic acids is 1. The van der Waals surface area contributed by atoms with E-state index in [0.29, 0.717) is 11.4 Å². The summed E-state index contributed by atoms with van der Waals surface area (Å²) in [5.41, 5.74) is 1.11. The van der Waals surface area contributed by atoms with Crippen LogP contribution in [0.2, 0.25) is 0 Å². The molecule has 2 aromatic rings. The van der Waals surface area contributed by atoms with E-state index in [4.69, 9.17) is 0 Å². The highest BCUT2D eigenvalue weighted by Gasteiger charge is 2.39. The van der Waals surface area contributed by atoms with Crippen molar-refractivity contribution in [2.24, 2.45) is 0 Å². The molecular weight excluding hydrogens is 299 g/mol. The Morgan fingerprint density at radius 3 is 2.48 bits per heavy atom. The van der Waals surface area contributed by atoms with E-state index in [2.05, 4.69) is 10.2 Å². The number of halogens is 1. The second-order valence-electron chi connectivity index (χ2n) is 4.64. The number of anilines is 1. The fourth-order valence-electron chi connectivity index (χ4n) is 2.25. The largest absolute Gasteiger partial charge is 0.311 e. The Kier molecular flexibility index (Phi) is 3.20. The van der Waals surface area contributed by atoms with E-state index >= 15 is 0 Å². The molecule has 0 N–H and O–H groups in total. The summed E-state index contributed by atoms with van der Waals surface area (Å²) in [6.07, 6.45) is 2.68. The average Bonchev–Trinajstić information content (AvgIpc) is 3.07. The van der Waals surface area contributed by atoms with Crippen molar-refractivity contribution >= 4 is 21.8 Å². The SMILES string of the molecule is O=C1CC(S(=O)(=O)F)CN1c1cccc(-n2nccn2)c1. The third kappa shape index (κ3) is 2.64. The quantitative estimate of drug-likeness (QED) is 0.778. The Labute approximate surface area is 120 Å². The van der Waals surface area contributed by atoms with Crippen molar-refractivity contribution < 1.29 is 17.1 Å². The Bertz CT molecular complexity index is 776. The number of carbonyl (C=O) groups is 1. The molecule has 9 heteroatoms. The summed E-state index contributed by atoms with van der Waals surface area (Å²) in [6, 6.07) is 6.73. The minimum Gasteiger partial charge on any atom is -0.311 e. The highest BCUT2D eigenvalue weighted by Crippen LogP contribution is 2.27. The number of aromatic nitrogens is 3. The zero-order chi connectivity index (χ0) is 15.0. The molecule has 1 atom stereocenters. The summed E-state index contributed by atoms with van der Waals surface area (Å²) in [5.74, 6) is -0.424. The smallest absolute Gasteiger partial charge is 0.307 e. The van der Waals surface area contributed by atoms with Gasteiger partial charge in [-0.1, -0.05) is 6.07 Å². The lowest BCUT2D eigenvalue weighted by molar-refractivity contribution is -0.117. The van der Waals surface area contributed by atoms with Gasteiger partial charge in [0.1, 0.15) is 5.25 Å². The fourth-order valence-corrected chi connectivity index (χ4v) is 2.92. The lowest BCUT2D eigenvalue weighted by Crippen LogP contribution is -2.27. The highest BCUT2D eigenvalue weighted by molar-refractivity contribution is 7.87. The number of rotatable bonds is 3. The molecule has 0 bridgehead atoms. The molecule has 1 aliphatic rings. The average molecular weight is 310 g/mol. The van der Waals surface area contributed by atoms with Gasteiger partial charge in [-0.3, -0.25) is 4.79 Å². The van der Waals surface area contributed by atoms with Crippen molar-refractivity contribution in [2.45, 2.75) is 11.7 Å². The number of hydrogen-bond acceptors (Lipinski definition) is 5. The van der Waals surface area contributed by atoms with Gasteiger partial charge in [0.15, 0.2) is 0 Å². The van der Waals surface area contributed by atoms with Gasteiger partial charge in [-0.05, 0) is 18.2 Å². The first-order chi connectivity index (χ1) is 9.95. The molecule has 1 fully saturated rings. The molecule has 0 aliphatic carbocycles. The minimum absolute atomic E-state index is 0.187. The van der Waals surface area contributed by atoms with Crippen LogP contribution in [-0.2, 0) is 15.0 Å². The molecule has 2 heterocycles. The molecule has 3 rings (SSSR count). The monoisotopic (exact) mass is 310 g/mol. The van der Waals surface area contributed by atoms with Crippen molar-refractivity contribution in [2.75, 3.05) is 11.4 Å². The van der Waals surface area contributed by atoms with Gasteiger partial charge in [0.2, 0.25) is 5.91 Å². The third-order valence-electron chi connectivity index (χ3n) is 3.28. The first-order valence-electron chi connectivity index (χ1n) is 6.16. The predicted molar refractivity (Wildman–Crippen MR) is 72.1 cm³/mol. The summed E-state index contributed by atoms with van der Waals surface area (Å²) in [6.45, 7) is -0.187. The van der Waals surface area contributed by atoms with Crippen LogP contribution in [0.5, 0.6) is 0 Å². The molecule has 110 valence electrons. The normalized spacial score (nSPS) is 19.2. The van der Waals surface area contributed by atoms with E-state index in [1.54, 1.807) is 24.3 Å². The molecule has 7 nitrogen and oxygen atoms in total. The van der Waals surface area contributed by atoms with E-state index in [9.17, 15) is 17.1 Å². The van der Waals surface area contributed by atoms with Crippen LogP contribution in [0.15, 0.2) is 36.7 Å². The predicted octanol–water partition coefficient (Wildman–Crippen LogP) is 0.672. The molecule has 1 aromatic carbocycles. The van der Waals surface area contributed by atoms with Gasteiger partial charge in [0.25, 0.3) is 0 Å². The zero-order valence-corrected chi connectivity index (χ0v) is 11.6. The van der Waals surface area contributed by atoms with Crippen molar-refractivity contribution in [1.82, 2.24) is 15.0 Å². The Balaban J connectivity index is 1.91. The molecule has 1 aliphatic heterocycles. The van der Waals surface area contributed by atoms with Crippen LogP contribution in [0.1, 0.15) is 6.42 Å². The summed E-state index contributed by atoms with van der Waals surface area (Å²) in [4.78, 5) is 14.5. The molecule has 1 unspecified atom stereocenters. The summed E-state index contributed by atoms with van der Waals surface area (Å²) >= 11 is 0. The molecule has 0 saturated carbocycles. The number of amides is 1. The van der Waals surface area contributed by atoms with Gasteiger partial charge in [-0.25, -0.2) is 0 Å². The molecule has 0 spiro atoms. The van der Waals surface area contributed by atoms with E-state index < -0.39 is 21.4 Å². The Morgan fingerprint density at radius 2 is 1.86 bits per heavy atom. The molecule has 1 saturated heterocycles. The zero-order valence-electron chi connectivity index (χ0n) is 10.8. The van der Waals surface area contributed by atoms with Gasteiger partial charge >= 0.3 is 10.2 Å². The Hall–Kier alpha value is -2.29. The third-order valence-corrected chi connectivity index (χ3v) is 4.39. The van der Waals surface area contributed by atoms with Crippen LogP contribution in [0.3, 0.4) is 0 Å². The summed E-state index contributed by atoms with van der Waals surface area (Å²) in [5, 5.41) is 6.64. The van der Waals surface area contributed by atoms with E-state index in [1.807, 2.05) is 0 Å². The van der Waals surface area contributed by atoms with E-state index in [1.165, 1.54) is 22.1 Å². The minimum atomic E-state index is -4.72. The molecular formula is C12H11FN4O3S. The maximum absolute atomic E-state index is 13.0. The van der Waals surface area contributed by atoms with Crippen LogP contribution in [-0.4, -0.2) is 41.1 Å². The van der Waals surface area contributed by atoms with Gasteiger partial charge in [-0.2, -0.15) is 23.4 Å². The first kappa shape index (κ1) is 13.7. The number of hydrogen-bond donors (Lipinski definition) is 0. The van der Waals surface area contributed by atoms with Crippen molar-refractivity contribution in [3.05, 3.63) is 36.7 Å². The summed E-state index contributed by atoms with van der Waals surface area (Å²) in [7, 11) is -4.72. The first-order valence-corrected chi connectivity index (χ1v) is 7.60. The Morgan fingerprint density at radius 1 is 1.19 bits per heavy atom. The van der Waals surface area contributed by atoms with Crippen molar-refractivity contribution in [3.8, 4) is 5.69 Å². The van der Waals surface area contributed by atoms with Crippen LogP contribution >= 0.6 is 0 Å². The second-order valence-corrected chi connectivity index (χ2v) is 6.26. The molecule has 1 amide bonds. The maximum Gasteiger partial charge on any atom is 0.307 e. The molecule has 21 heavy (non-hydrogen) atoms. The lowest BCUT2D eigenvalue weighted by atomic mass is 10.2. The number of nitrogens with zero attached hydrogens (tertiary/aromatic N) is 4. The molecule has 1 aromatic heterocycles. The van der Waals surface area contributed by atoms with Crippen LogP contribution in [0.4, 0.5) is 9.57 Å². The van der Waals surface area contributed by atoms with E-state index in [-0.39, 0.29) is 13.0 Å². The topological polar surface area (TPSA) is 85.2 Å². The van der Waals surface area contributed by atoms with Gasteiger partial charge in [0.05, 0.1) is 18.1 Å². The summed E-state index contributed by atoms with van der Waals surface area (Å²) < 4.78 is 34.9. The highest BCUT2D eigenvalue weighted by atomic mass is 32.3. The van der Waals surface area contributed by atoms with E-state index in [0.717, 1.165) is 0 Å². The second kappa shape index (κ2) is 4.92. The van der Waals surface area contributed by atoms with Crippen LogP contribution in [0, 0.1) is 0 Å². The fraction of sp³-hybridized carbons (Fsp3) is 0.250. The van der Waals surface area contributed by atoms with Crippen LogP contribution in [0.25, 0.3) is 5.69 Å².